The highest BCUT2D eigenvalue weighted by Gasteiger charge is 2.57. The maximum atomic E-state index is 13.2. The highest BCUT2D eigenvalue weighted by atomic mass is 19.3. The van der Waals surface area contributed by atoms with Crippen LogP contribution in [0.5, 0.6) is 0 Å². The second-order valence-corrected chi connectivity index (χ2v) is 5.98. The number of hydrogen-bond donors (Lipinski definition) is 0. The summed E-state index contributed by atoms with van der Waals surface area (Å²) < 4.78 is 78.4. The fourth-order valence-corrected chi connectivity index (χ4v) is 2.74. The van der Waals surface area contributed by atoms with Gasteiger partial charge in [-0.3, -0.25) is 4.79 Å². The van der Waals surface area contributed by atoms with Crippen LogP contribution < -0.4 is 0 Å². The molecular weight excluding hydrogens is 370 g/mol. The van der Waals surface area contributed by atoms with Crippen LogP contribution in [0.1, 0.15) is 22.3 Å². The summed E-state index contributed by atoms with van der Waals surface area (Å²) in [4.78, 5) is 10.8. The molecule has 2 aromatic rings. The average molecular weight is 382 g/mol. The molecule has 0 amide bonds. The molecule has 0 fully saturated rings. The number of benzene rings is 2. The second kappa shape index (κ2) is 6.40. The van der Waals surface area contributed by atoms with Gasteiger partial charge in [-0.15, -0.1) is 0 Å². The summed E-state index contributed by atoms with van der Waals surface area (Å²) in [6.07, 6.45) is 3.60. The Morgan fingerprint density at radius 1 is 0.630 bits per heavy atom. The predicted octanol–water partition coefficient (Wildman–Crippen LogP) is 5.81. The molecule has 140 valence electrons. The van der Waals surface area contributed by atoms with Gasteiger partial charge in [-0.25, -0.2) is 0 Å². The molecule has 0 aliphatic heterocycles. The molecule has 0 aromatic heterocycles. The quantitative estimate of drug-likeness (QED) is 0.525. The fraction of sp³-hybridized carbons (Fsp3) is 0.150. The molecule has 2 aliphatic rings. The minimum Gasteiger partial charge on any atom is -0.288 e. The molecule has 0 N–H and O–H groups in total. The van der Waals surface area contributed by atoms with E-state index in [1.807, 2.05) is 0 Å². The summed E-state index contributed by atoms with van der Waals surface area (Å²) in [6.45, 7) is 0. The van der Waals surface area contributed by atoms with E-state index in [2.05, 4.69) is 0 Å². The molecule has 0 spiro atoms. The molecule has 0 unspecified atom stereocenters. The van der Waals surface area contributed by atoms with Crippen LogP contribution in [0, 0.1) is 0 Å². The minimum atomic E-state index is -4.11. The van der Waals surface area contributed by atoms with Crippen molar-refractivity contribution >= 4 is 17.9 Å². The number of alkyl halides is 6. The molecule has 0 heterocycles. The number of halogens is 6. The van der Waals surface area contributed by atoms with E-state index < -0.39 is 29.1 Å². The van der Waals surface area contributed by atoms with Crippen LogP contribution in [-0.4, -0.2) is 11.7 Å². The molecule has 27 heavy (non-hydrogen) atoms. The number of allylic oxidation sites excluding steroid dienone is 2. The van der Waals surface area contributed by atoms with Crippen molar-refractivity contribution in [3.8, 4) is 0 Å². The van der Waals surface area contributed by atoms with Gasteiger partial charge in [0.2, 0.25) is 5.78 Å². The van der Waals surface area contributed by atoms with E-state index in [0.29, 0.717) is 5.56 Å². The lowest BCUT2D eigenvalue weighted by atomic mass is 9.91. The Hall–Kier alpha value is -2.83. The number of ketones is 1. The van der Waals surface area contributed by atoms with E-state index in [1.165, 1.54) is 36.4 Å². The maximum Gasteiger partial charge on any atom is 0.339 e. The summed E-state index contributed by atoms with van der Waals surface area (Å²) in [5, 5.41) is 0. The number of hydrogen-bond acceptors (Lipinski definition) is 1. The van der Waals surface area contributed by atoms with Gasteiger partial charge in [0.05, 0.1) is 0 Å². The Labute approximate surface area is 150 Å². The van der Waals surface area contributed by atoms with E-state index in [0.717, 1.165) is 18.2 Å². The summed E-state index contributed by atoms with van der Waals surface area (Å²) in [5.74, 6) is -12.7. The standard InChI is InChI=1S/C10H6F4.C10H6F2O/c11-9(12)6-5-7-3-1-2-4-8(7)10(9,13)14;11-10(12)8-4-2-1-3-7(8)5-6-9(10)13/h1-6H;1-6H. The third-order valence-electron chi connectivity index (χ3n) is 4.21. The zero-order valence-corrected chi connectivity index (χ0v) is 13.6. The number of carbonyl (C=O) groups excluding carboxylic acids is 1. The van der Waals surface area contributed by atoms with Gasteiger partial charge in [0.25, 0.3) is 0 Å². The van der Waals surface area contributed by atoms with Crippen LogP contribution in [0.25, 0.3) is 12.2 Å². The van der Waals surface area contributed by atoms with Gasteiger partial charge in [-0.1, -0.05) is 60.7 Å². The monoisotopic (exact) mass is 382 g/mol. The topological polar surface area (TPSA) is 17.1 Å². The van der Waals surface area contributed by atoms with Crippen LogP contribution in [0.2, 0.25) is 0 Å². The van der Waals surface area contributed by atoms with E-state index in [1.54, 1.807) is 12.1 Å². The molecule has 0 atom stereocenters. The third kappa shape index (κ3) is 3.18. The molecule has 0 saturated carbocycles. The zero-order valence-electron chi connectivity index (χ0n) is 13.6. The molecule has 2 aliphatic carbocycles. The minimum absolute atomic E-state index is 0.142. The Balaban J connectivity index is 0.000000156. The highest BCUT2D eigenvalue weighted by molar-refractivity contribution is 6.02. The molecular formula is C20H12F6O. The summed E-state index contributed by atoms with van der Waals surface area (Å²) in [5.41, 5.74) is -0.273. The summed E-state index contributed by atoms with van der Waals surface area (Å²) in [7, 11) is 0. The molecule has 4 rings (SSSR count). The Morgan fingerprint density at radius 3 is 1.78 bits per heavy atom. The van der Waals surface area contributed by atoms with Crippen molar-refractivity contribution in [1.29, 1.82) is 0 Å². The predicted molar refractivity (Wildman–Crippen MR) is 88.7 cm³/mol. The Kier molecular flexibility index (Phi) is 4.49. The van der Waals surface area contributed by atoms with E-state index in [9.17, 15) is 31.1 Å². The van der Waals surface area contributed by atoms with Crippen LogP contribution in [0.4, 0.5) is 26.3 Å². The van der Waals surface area contributed by atoms with Crippen LogP contribution in [0.3, 0.4) is 0 Å². The van der Waals surface area contributed by atoms with Crippen LogP contribution in [0.15, 0.2) is 60.7 Å². The van der Waals surface area contributed by atoms with Crippen molar-refractivity contribution in [1.82, 2.24) is 0 Å². The lowest BCUT2D eigenvalue weighted by Crippen LogP contribution is -2.38. The first kappa shape index (κ1) is 18.9. The van der Waals surface area contributed by atoms with Gasteiger partial charge in [0, 0.05) is 11.1 Å². The van der Waals surface area contributed by atoms with Crippen molar-refractivity contribution in [2.45, 2.75) is 17.8 Å². The molecule has 0 saturated heterocycles. The van der Waals surface area contributed by atoms with Gasteiger partial charge >= 0.3 is 17.8 Å². The maximum absolute atomic E-state index is 13.2. The molecule has 7 heteroatoms. The van der Waals surface area contributed by atoms with E-state index >= 15 is 0 Å². The smallest absolute Gasteiger partial charge is 0.288 e. The number of rotatable bonds is 0. The third-order valence-corrected chi connectivity index (χ3v) is 4.21. The molecule has 0 radical (unpaired) electrons. The summed E-state index contributed by atoms with van der Waals surface area (Å²) >= 11 is 0. The SMILES string of the molecule is FC1(F)C=Cc2ccccc2C1(F)F.O=C1C=Cc2ccccc2C1(F)F. The normalized spacial score (nSPS) is 20.1. The fourth-order valence-electron chi connectivity index (χ4n) is 2.74. The summed E-state index contributed by atoms with van der Waals surface area (Å²) in [6, 6.07) is 11.3. The van der Waals surface area contributed by atoms with Crippen molar-refractivity contribution in [2.24, 2.45) is 0 Å². The van der Waals surface area contributed by atoms with Gasteiger partial charge in [-0.2, -0.15) is 26.3 Å². The van der Waals surface area contributed by atoms with Gasteiger partial charge in [0.15, 0.2) is 0 Å². The lowest BCUT2D eigenvalue weighted by Gasteiger charge is -2.28. The van der Waals surface area contributed by atoms with Gasteiger partial charge < -0.3 is 0 Å². The van der Waals surface area contributed by atoms with E-state index in [4.69, 9.17) is 0 Å². The van der Waals surface area contributed by atoms with Crippen molar-refractivity contribution in [3.05, 3.63) is 82.9 Å². The van der Waals surface area contributed by atoms with Crippen LogP contribution in [-0.2, 0) is 16.6 Å². The zero-order chi connectivity index (χ0) is 19.9. The Bertz CT molecular complexity index is 943. The van der Waals surface area contributed by atoms with E-state index in [-0.39, 0.29) is 17.2 Å². The van der Waals surface area contributed by atoms with Crippen molar-refractivity contribution < 1.29 is 31.1 Å². The number of carbonyl (C=O) groups is 1. The molecule has 1 nitrogen and oxygen atoms in total. The first-order chi connectivity index (χ1) is 12.6. The average Bonchev–Trinajstić information content (AvgIpc) is 2.63. The second-order valence-electron chi connectivity index (χ2n) is 5.98. The number of fused-ring (bicyclic) bond motifs is 2. The molecule has 2 aromatic carbocycles. The largest absolute Gasteiger partial charge is 0.339 e. The first-order valence-electron chi connectivity index (χ1n) is 7.81. The first-order valence-corrected chi connectivity index (χ1v) is 7.81. The Morgan fingerprint density at radius 2 is 1.15 bits per heavy atom. The highest BCUT2D eigenvalue weighted by Crippen LogP contribution is 2.48. The van der Waals surface area contributed by atoms with Crippen molar-refractivity contribution in [3.63, 3.8) is 0 Å². The molecule has 0 bridgehead atoms. The van der Waals surface area contributed by atoms with Gasteiger partial charge in [-0.05, 0) is 23.3 Å². The van der Waals surface area contributed by atoms with Crippen LogP contribution >= 0.6 is 0 Å². The van der Waals surface area contributed by atoms with Gasteiger partial charge in [0.1, 0.15) is 0 Å². The van der Waals surface area contributed by atoms with Crippen molar-refractivity contribution in [2.75, 3.05) is 0 Å². The lowest BCUT2D eigenvalue weighted by molar-refractivity contribution is -0.187.